The van der Waals surface area contributed by atoms with Gasteiger partial charge >= 0.3 is 5.97 Å². The Bertz CT molecular complexity index is 955. The van der Waals surface area contributed by atoms with E-state index in [0.717, 1.165) is 5.76 Å². The van der Waals surface area contributed by atoms with Crippen LogP contribution in [0.4, 0.5) is 0 Å². The summed E-state index contributed by atoms with van der Waals surface area (Å²) in [6.45, 7) is 4.66. The van der Waals surface area contributed by atoms with Crippen molar-refractivity contribution < 1.29 is 27.9 Å². The molecule has 0 atom stereocenters. The van der Waals surface area contributed by atoms with Crippen molar-refractivity contribution >= 4 is 11.8 Å². The number of aromatic nitrogens is 2. The zero-order valence-electron chi connectivity index (χ0n) is 15.1. The number of aryl methyl sites for hydroxylation is 2. The maximum Gasteiger partial charge on any atom is 0.344 e. The van der Waals surface area contributed by atoms with E-state index in [0.29, 0.717) is 28.5 Å². The molecule has 0 radical (unpaired) electrons. The van der Waals surface area contributed by atoms with Crippen molar-refractivity contribution in [2.24, 2.45) is 0 Å². The third kappa shape index (κ3) is 4.60. The number of nitrogens with zero attached hydrogens (tertiary/aromatic N) is 2. The Hall–Kier alpha value is -3.42. The number of esters is 1. The van der Waals surface area contributed by atoms with Crippen LogP contribution >= 0.6 is 0 Å². The molecule has 1 aromatic carbocycles. The summed E-state index contributed by atoms with van der Waals surface area (Å²) in [5.41, 5.74) is 1.27. The first-order chi connectivity index (χ1) is 12.9. The van der Waals surface area contributed by atoms with Crippen molar-refractivity contribution in [1.29, 1.82) is 0 Å². The van der Waals surface area contributed by atoms with E-state index in [9.17, 15) is 9.59 Å². The molecule has 0 saturated carbocycles. The molecule has 0 saturated heterocycles. The van der Waals surface area contributed by atoms with Crippen LogP contribution in [0, 0.1) is 13.8 Å². The normalized spacial score (nSPS) is 10.6. The number of ether oxygens (including phenoxy) is 2. The second kappa shape index (κ2) is 7.86. The highest BCUT2D eigenvalue weighted by Gasteiger charge is 2.15. The van der Waals surface area contributed by atoms with Crippen molar-refractivity contribution in [2.75, 3.05) is 6.61 Å². The van der Waals surface area contributed by atoms with Crippen LogP contribution in [-0.2, 0) is 16.1 Å². The minimum Gasteiger partial charge on any atom is -0.482 e. The minimum atomic E-state index is -0.583. The number of furan rings is 1. The van der Waals surface area contributed by atoms with Gasteiger partial charge in [-0.3, -0.25) is 4.79 Å². The lowest BCUT2D eigenvalue weighted by Crippen LogP contribution is -2.14. The summed E-state index contributed by atoms with van der Waals surface area (Å²) in [4.78, 5) is 23.0. The zero-order chi connectivity index (χ0) is 19.4. The molecular weight excluding hydrogens is 352 g/mol. The predicted octanol–water partition coefficient (Wildman–Crippen LogP) is 3.27. The van der Waals surface area contributed by atoms with Gasteiger partial charge < -0.3 is 18.3 Å². The third-order valence-corrected chi connectivity index (χ3v) is 3.71. The van der Waals surface area contributed by atoms with Gasteiger partial charge in [0.05, 0.1) is 5.56 Å². The molecule has 2 aromatic heterocycles. The van der Waals surface area contributed by atoms with E-state index in [1.165, 1.54) is 6.92 Å². The average molecular weight is 370 g/mol. The van der Waals surface area contributed by atoms with Crippen LogP contribution in [0.2, 0.25) is 0 Å². The predicted molar refractivity (Wildman–Crippen MR) is 93.2 cm³/mol. The molecule has 140 valence electrons. The van der Waals surface area contributed by atoms with Crippen LogP contribution in [0.25, 0.3) is 11.5 Å². The van der Waals surface area contributed by atoms with Gasteiger partial charge in [0.2, 0.25) is 0 Å². The van der Waals surface area contributed by atoms with Crippen LogP contribution in [0.5, 0.6) is 5.75 Å². The highest BCUT2D eigenvalue weighted by atomic mass is 16.6. The fourth-order valence-corrected chi connectivity index (χ4v) is 2.38. The number of ketones is 1. The number of Topliss-reactive ketones (excluding diaryl/α,β-unsaturated/α-hetero) is 1. The van der Waals surface area contributed by atoms with Gasteiger partial charge in [-0.15, -0.1) is 10.2 Å². The van der Waals surface area contributed by atoms with Crippen LogP contribution in [0.1, 0.15) is 34.7 Å². The summed E-state index contributed by atoms with van der Waals surface area (Å²) in [5.74, 6) is 1.72. The molecule has 8 nitrogen and oxygen atoms in total. The number of rotatable bonds is 7. The van der Waals surface area contributed by atoms with Gasteiger partial charge in [-0.1, -0.05) is 0 Å². The minimum absolute atomic E-state index is 0.0411. The third-order valence-electron chi connectivity index (χ3n) is 3.71. The molecule has 0 aliphatic heterocycles. The Morgan fingerprint density at radius 3 is 2.44 bits per heavy atom. The van der Waals surface area contributed by atoms with Gasteiger partial charge in [-0.05, 0) is 51.1 Å². The van der Waals surface area contributed by atoms with Gasteiger partial charge in [0.15, 0.2) is 19.0 Å². The first kappa shape index (κ1) is 18.4. The van der Waals surface area contributed by atoms with E-state index < -0.39 is 5.97 Å². The summed E-state index contributed by atoms with van der Waals surface area (Å²) in [6.07, 6.45) is 0. The largest absolute Gasteiger partial charge is 0.482 e. The van der Waals surface area contributed by atoms with E-state index in [-0.39, 0.29) is 24.9 Å². The highest BCUT2D eigenvalue weighted by molar-refractivity contribution is 5.94. The number of hydrogen-bond donors (Lipinski definition) is 0. The summed E-state index contributed by atoms with van der Waals surface area (Å²) in [7, 11) is 0. The lowest BCUT2D eigenvalue weighted by molar-refractivity contribution is -0.148. The lowest BCUT2D eigenvalue weighted by Gasteiger charge is -2.06. The number of hydrogen-bond acceptors (Lipinski definition) is 8. The molecule has 0 aliphatic rings. The Labute approximate surface area is 155 Å². The molecule has 3 rings (SSSR count). The molecule has 27 heavy (non-hydrogen) atoms. The van der Waals surface area contributed by atoms with E-state index in [4.69, 9.17) is 18.3 Å². The van der Waals surface area contributed by atoms with Crippen molar-refractivity contribution in [3.8, 4) is 17.2 Å². The molecule has 0 aliphatic carbocycles. The van der Waals surface area contributed by atoms with Crippen LogP contribution in [0.3, 0.4) is 0 Å². The van der Waals surface area contributed by atoms with Crippen molar-refractivity contribution in [3.05, 3.63) is 53.3 Å². The molecule has 0 N–H and O–H groups in total. The molecule has 0 fully saturated rings. The molecule has 0 unspecified atom stereocenters. The number of benzene rings is 1. The Balaban J connectivity index is 1.49. The average Bonchev–Trinajstić information content (AvgIpc) is 3.24. The van der Waals surface area contributed by atoms with E-state index in [2.05, 4.69) is 10.2 Å². The smallest absolute Gasteiger partial charge is 0.344 e. The lowest BCUT2D eigenvalue weighted by atomic mass is 10.1. The van der Waals surface area contributed by atoms with E-state index >= 15 is 0 Å². The quantitative estimate of drug-likeness (QED) is 0.461. The van der Waals surface area contributed by atoms with Crippen LogP contribution in [0.15, 0.2) is 39.2 Å². The van der Waals surface area contributed by atoms with Gasteiger partial charge in [0.1, 0.15) is 17.3 Å². The molecule has 0 spiro atoms. The molecule has 8 heteroatoms. The summed E-state index contributed by atoms with van der Waals surface area (Å²) < 4.78 is 21.3. The van der Waals surface area contributed by atoms with Gasteiger partial charge in [0.25, 0.3) is 11.8 Å². The first-order valence-corrected chi connectivity index (χ1v) is 8.21. The van der Waals surface area contributed by atoms with Crippen LogP contribution < -0.4 is 4.74 Å². The molecule has 3 aromatic rings. The van der Waals surface area contributed by atoms with Gasteiger partial charge in [-0.25, -0.2) is 4.79 Å². The fourth-order valence-electron chi connectivity index (χ4n) is 2.38. The standard InChI is InChI=1S/C19H18N2O6/c1-11-8-16(13(3)26-11)19-21-20-17(27-19)9-25-18(23)10-24-15-6-4-14(5-7-15)12(2)22/h4-8H,9-10H2,1-3H3. The maximum absolute atomic E-state index is 11.8. The van der Waals surface area contributed by atoms with E-state index in [1.807, 2.05) is 6.92 Å². The summed E-state index contributed by atoms with van der Waals surface area (Å²) in [5, 5.41) is 7.78. The van der Waals surface area contributed by atoms with Crippen molar-refractivity contribution in [3.63, 3.8) is 0 Å². The molecule has 2 heterocycles. The van der Waals surface area contributed by atoms with E-state index in [1.54, 1.807) is 37.3 Å². The number of carbonyl (C=O) groups excluding carboxylic acids is 2. The Morgan fingerprint density at radius 1 is 1.07 bits per heavy atom. The van der Waals surface area contributed by atoms with Crippen LogP contribution in [-0.4, -0.2) is 28.6 Å². The van der Waals surface area contributed by atoms with Crippen molar-refractivity contribution in [2.45, 2.75) is 27.4 Å². The summed E-state index contributed by atoms with van der Waals surface area (Å²) in [6, 6.07) is 8.28. The molecule has 0 bridgehead atoms. The second-order valence-electron chi connectivity index (χ2n) is 5.86. The topological polar surface area (TPSA) is 105 Å². The van der Waals surface area contributed by atoms with Gasteiger partial charge in [0, 0.05) is 5.56 Å². The summed E-state index contributed by atoms with van der Waals surface area (Å²) >= 11 is 0. The SMILES string of the molecule is CC(=O)c1ccc(OCC(=O)OCc2nnc(-c3cc(C)oc3C)o2)cc1. The zero-order valence-corrected chi connectivity index (χ0v) is 15.1. The van der Waals surface area contributed by atoms with Gasteiger partial charge in [-0.2, -0.15) is 0 Å². The Kier molecular flexibility index (Phi) is 5.35. The monoisotopic (exact) mass is 370 g/mol. The second-order valence-corrected chi connectivity index (χ2v) is 5.86. The van der Waals surface area contributed by atoms with Crippen molar-refractivity contribution in [1.82, 2.24) is 10.2 Å². The maximum atomic E-state index is 11.8. The fraction of sp³-hybridized carbons (Fsp3) is 0.263. The first-order valence-electron chi connectivity index (χ1n) is 8.21. The Morgan fingerprint density at radius 2 is 1.81 bits per heavy atom. The highest BCUT2D eigenvalue weighted by Crippen LogP contribution is 2.25. The molecular formula is C19H18N2O6. The number of carbonyl (C=O) groups is 2. The molecule has 0 amide bonds.